The Hall–Kier alpha value is -2.91. The van der Waals surface area contributed by atoms with Gasteiger partial charge in [0.1, 0.15) is 16.4 Å². The number of ether oxygens (including phenoxy) is 1. The van der Waals surface area contributed by atoms with Gasteiger partial charge >= 0.3 is 0 Å². The molecule has 0 spiro atoms. The normalized spacial score (nSPS) is 14.5. The quantitative estimate of drug-likeness (QED) is 0.655. The number of hydrogen-bond acceptors (Lipinski definition) is 7. The molecule has 1 aliphatic rings. The van der Waals surface area contributed by atoms with E-state index in [0.29, 0.717) is 46.1 Å². The zero-order valence-corrected chi connectivity index (χ0v) is 19.1. The fourth-order valence-electron chi connectivity index (χ4n) is 3.95. The summed E-state index contributed by atoms with van der Waals surface area (Å²) < 4.78 is 5.47. The Balaban J connectivity index is 1.54. The lowest BCUT2D eigenvalue weighted by atomic mass is 10.2. The monoisotopic (exact) mass is 441 g/mol. The van der Waals surface area contributed by atoms with Crippen molar-refractivity contribution >= 4 is 33.1 Å². The third-order valence-corrected chi connectivity index (χ3v) is 6.68. The number of aromatic nitrogens is 2. The fraction of sp³-hybridized carbons (Fsp3) is 0.409. The SMILES string of the molecule is COc1ccccc1N1CCN(C(=O)c2sc3nc(CN(C)C)[nH]c(=O)c3c2C)CC1. The molecule has 1 fully saturated rings. The number of aromatic amines is 1. The minimum atomic E-state index is -0.185. The van der Waals surface area contributed by atoms with Crippen molar-refractivity contribution in [1.29, 1.82) is 0 Å². The molecule has 0 saturated carbocycles. The molecule has 3 aromatic rings. The molecule has 0 atom stereocenters. The summed E-state index contributed by atoms with van der Waals surface area (Å²) in [5.74, 6) is 1.41. The van der Waals surface area contributed by atoms with Gasteiger partial charge in [0.05, 0.1) is 29.6 Å². The Bertz CT molecular complexity index is 1160. The first-order valence-electron chi connectivity index (χ1n) is 10.2. The van der Waals surface area contributed by atoms with Crippen molar-refractivity contribution in [2.24, 2.45) is 0 Å². The van der Waals surface area contributed by atoms with Gasteiger partial charge in [-0.1, -0.05) is 12.1 Å². The Morgan fingerprint density at radius 3 is 2.61 bits per heavy atom. The van der Waals surface area contributed by atoms with E-state index in [1.54, 1.807) is 7.11 Å². The van der Waals surface area contributed by atoms with E-state index in [4.69, 9.17) is 4.74 Å². The third-order valence-electron chi connectivity index (χ3n) is 5.50. The van der Waals surface area contributed by atoms with E-state index in [1.807, 2.05) is 55.1 Å². The van der Waals surface area contributed by atoms with E-state index in [2.05, 4.69) is 14.9 Å². The van der Waals surface area contributed by atoms with Gasteiger partial charge < -0.3 is 24.4 Å². The lowest BCUT2D eigenvalue weighted by Gasteiger charge is -2.36. The van der Waals surface area contributed by atoms with Gasteiger partial charge in [-0.25, -0.2) is 4.98 Å². The molecule has 2 aromatic heterocycles. The second kappa shape index (κ2) is 8.68. The molecule has 1 N–H and O–H groups in total. The van der Waals surface area contributed by atoms with Crippen molar-refractivity contribution in [2.45, 2.75) is 13.5 Å². The number of benzene rings is 1. The molecule has 4 rings (SSSR count). The van der Waals surface area contributed by atoms with Crippen LogP contribution in [0.5, 0.6) is 5.75 Å². The zero-order valence-electron chi connectivity index (χ0n) is 18.3. The minimum absolute atomic E-state index is 0.0336. The van der Waals surface area contributed by atoms with E-state index >= 15 is 0 Å². The van der Waals surface area contributed by atoms with Crippen LogP contribution in [0.3, 0.4) is 0 Å². The van der Waals surface area contributed by atoms with Crippen LogP contribution in [0.1, 0.15) is 21.1 Å². The lowest BCUT2D eigenvalue weighted by Crippen LogP contribution is -2.48. The summed E-state index contributed by atoms with van der Waals surface area (Å²) in [5.41, 5.74) is 1.57. The van der Waals surface area contributed by atoms with Gasteiger partial charge in [-0.3, -0.25) is 9.59 Å². The Morgan fingerprint density at radius 1 is 1.23 bits per heavy atom. The Kier molecular flexibility index (Phi) is 5.97. The van der Waals surface area contributed by atoms with Crippen LogP contribution in [-0.2, 0) is 6.54 Å². The number of hydrogen-bond donors (Lipinski definition) is 1. The number of amides is 1. The molecular formula is C22H27N5O3S. The minimum Gasteiger partial charge on any atom is -0.495 e. The number of nitrogens with zero attached hydrogens (tertiary/aromatic N) is 4. The van der Waals surface area contributed by atoms with Gasteiger partial charge in [0.25, 0.3) is 11.5 Å². The van der Waals surface area contributed by atoms with E-state index in [0.717, 1.165) is 24.5 Å². The number of anilines is 1. The van der Waals surface area contributed by atoms with Crippen molar-refractivity contribution in [1.82, 2.24) is 19.8 Å². The molecule has 1 amide bonds. The van der Waals surface area contributed by atoms with E-state index in [9.17, 15) is 9.59 Å². The molecule has 0 unspecified atom stereocenters. The van der Waals surface area contributed by atoms with E-state index in [-0.39, 0.29) is 11.5 Å². The summed E-state index contributed by atoms with van der Waals surface area (Å²) >= 11 is 1.31. The molecule has 1 saturated heterocycles. The standard InChI is InChI=1S/C22H27N5O3S/c1-14-18-20(28)23-17(13-25(2)3)24-21(18)31-19(14)22(29)27-11-9-26(10-12-27)15-7-5-6-8-16(15)30-4/h5-8H,9-13H2,1-4H3,(H,23,24,28). The van der Waals surface area contributed by atoms with Gasteiger partial charge in [-0.2, -0.15) is 0 Å². The second-order valence-electron chi connectivity index (χ2n) is 7.94. The summed E-state index contributed by atoms with van der Waals surface area (Å²) in [5, 5.41) is 0.517. The number of fused-ring (bicyclic) bond motifs is 1. The Morgan fingerprint density at radius 2 is 1.94 bits per heavy atom. The maximum atomic E-state index is 13.3. The van der Waals surface area contributed by atoms with Crippen molar-refractivity contribution in [3.05, 3.63) is 50.9 Å². The molecule has 1 aliphatic heterocycles. The first-order valence-corrected chi connectivity index (χ1v) is 11.0. The predicted octanol–water partition coefficient (Wildman–Crippen LogP) is 2.33. The number of para-hydroxylation sites is 2. The van der Waals surface area contributed by atoms with E-state index in [1.165, 1.54) is 11.3 Å². The van der Waals surface area contributed by atoms with Crippen LogP contribution in [-0.4, -0.2) is 73.1 Å². The predicted molar refractivity (Wildman–Crippen MR) is 123 cm³/mol. The van der Waals surface area contributed by atoms with Crippen molar-refractivity contribution < 1.29 is 9.53 Å². The highest BCUT2D eigenvalue weighted by molar-refractivity contribution is 7.20. The molecular weight excluding hydrogens is 414 g/mol. The lowest BCUT2D eigenvalue weighted by molar-refractivity contribution is 0.0751. The molecule has 0 aliphatic carbocycles. The number of rotatable bonds is 5. The van der Waals surface area contributed by atoms with E-state index < -0.39 is 0 Å². The van der Waals surface area contributed by atoms with Gasteiger partial charge in [-0.05, 0) is 38.7 Å². The van der Waals surface area contributed by atoms with Crippen molar-refractivity contribution in [3.63, 3.8) is 0 Å². The summed E-state index contributed by atoms with van der Waals surface area (Å²) in [6.07, 6.45) is 0. The largest absolute Gasteiger partial charge is 0.495 e. The number of thiophene rings is 1. The number of H-pyrrole nitrogens is 1. The molecule has 0 radical (unpaired) electrons. The van der Waals surface area contributed by atoms with Crippen molar-refractivity contribution in [2.75, 3.05) is 52.3 Å². The topological polar surface area (TPSA) is 81.8 Å². The maximum absolute atomic E-state index is 13.3. The van der Waals surface area contributed by atoms with Gasteiger partial charge in [0.2, 0.25) is 0 Å². The van der Waals surface area contributed by atoms with Crippen LogP contribution in [0.4, 0.5) is 5.69 Å². The zero-order chi connectivity index (χ0) is 22.1. The first-order chi connectivity index (χ1) is 14.9. The number of methoxy groups -OCH3 is 1. The molecule has 1 aromatic carbocycles. The summed E-state index contributed by atoms with van der Waals surface area (Å²) in [6, 6.07) is 7.93. The number of carbonyl (C=O) groups is 1. The highest BCUT2D eigenvalue weighted by atomic mass is 32.1. The summed E-state index contributed by atoms with van der Waals surface area (Å²) in [4.78, 5) is 40.6. The maximum Gasteiger partial charge on any atom is 0.264 e. The van der Waals surface area contributed by atoms with Crippen molar-refractivity contribution in [3.8, 4) is 5.75 Å². The first kappa shape index (κ1) is 21.3. The van der Waals surface area contributed by atoms with Gasteiger partial charge in [0.15, 0.2) is 0 Å². The number of aryl methyl sites for hydroxylation is 1. The second-order valence-corrected chi connectivity index (χ2v) is 8.94. The van der Waals surface area contributed by atoms with Gasteiger partial charge in [-0.15, -0.1) is 11.3 Å². The van der Waals surface area contributed by atoms with Crippen LogP contribution in [0.15, 0.2) is 29.1 Å². The number of nitrogens with one attached hydrogen (secondary N) is 1. The third kappa shape index (κ3) is 4.15. The molecule has 164 valence electrons. The van der Waals surface area contributed by atoms with Gasteiger partial charge in [0, 0.05) is 26.2 Å². The average Bonchev–Trinajstić information content (AvgIpc) is 3.09. The summed E-state index contributed by atoms with van der Waals surface area (Å²) in [7, 11) is 5.51. The van der Waals surface area contributed by atoms with Crippen LogP contribution in [0.2, 0.25) is 0 Å². The molecule has 3 heterocycles. The number of carbonyl (C=O) groups excluding carboxylic acids is 1. The highest BCUT2D eigenvalue weighted by Crippen LogP contribution is 2.31. The fourth-order valence-corrected chi connectivity index (χ4v) is 5.12. The summed E-state index contributed by atoms with van der Waals surface area (Å²) in [6.45, 7) is 5.04. The number of piperazine rings is 1. The van der Waals surface area contributed by atoms with Crippen LogP contribution >= 0.6 is 11.3 Å². The smallest absolute Gasteiger partial charge is 0.264 e. The molecule has 31 heavy (non-hydrogen) atoms. The van der Waals surface area contributed by atoms with Crippen LogP contribution in [0, 0.1) is 6.92 Å². The Labute approximate surface area is 185 Å². The highest BCUT2D eigenvalue weighted by Gasteiger charge is 2.27. The molecule has 8 nitrogen and oxygen atoms in total. The average molecular weight is 442 g/mol. The van der Waals surface area contributed by atoms with Crippen LogP contribution in [0.25, 0.3) is 10.2 Å². The van der Waals surface area contributed by atoms with Crippen LogP contribution < -0.4 is 15.2 Å². The molecule has 0 bridgehead atoms. The molecule has 9 heteroatoms.